The Balaban J connectivity index is 1.43. The lowest BCUT2D eigenvalue weighted by Crippen LogP contribution is -2.47. The summed E-state index contributed by atoms with van der Waals surface area (Å²) < 4.78 is 5.61. The molecule has 2 aromatic carbocycles. The first-order valence-electron chi connectivity index (χ1n) is 14.2. The Morgan fingerprint density at radius 1 is 1.02 bits per heavy atom. The van der Waals surface area contributed by atoms with Crippen LogP contribution in [0.3, 0.4) is 0 Å². The highest BCUT2D eigenvalue weighted by molar-refractivity contribution is 6.10. The fourth-order valence-corrected chi connectivity index (χ4v) is 5.83. The van der Waals surface area contributed by atoms with Crippen molar-refractivity contribution in [3.05, 3.63) is 119 Å². The molecule has 2 heterocycles. The van der Waals surface area contributed by atoms with Crippen LogP contribution in [0.25, 0.3) is 0 Å². The zero-order chi connectivity index (χ0) is 29.4. The van der Waals surface area contributed by atoms with Crippen LogP contribution in [0.1, 0.15) is 61.5 Å². The Bertz CT molecular complexity index is 1590. The number of anilines is 1. The Labute approximate surface area is 245 Å². The van der Waals surface area contributed by atoms with Crippen LogP contribution in [-0.2, 0) is 26.2 Å². The molecule has 2 aliphatic carbocycles. The number of fused-ring (bicyclic) bond motifs is 2. The highest BCUT2D eigenvalue weighted by atomic mass is 16.5. The average Bonchev–Trinajstić information content (AvgIpc) is 3.59. The molecule has 3 aliphatic rings. The molecule has 1 aromatic heterocycles. The van der Waals surface area contributed by atoms with Crippen molar-refractivity contribution in [2.24, 2.45) is 4.99 Å². The van der Waals surface area contributed by atoms with Crippen LogP contribution in [0.5, 0.6) is 0 Å². The number of ether oxygens (including phenoxy) is 1. The molecule has 0 saturated heterocycles. The second-order valence-corrected chi connectivity index (χ2v) is 12.0. The Hall–Kier alpha value is -4.56. The van der Waals surface area contributed by atoms with Crippen molar-refractivity contribution in [2.45, 2.75) is 63.3 Å². The molecule has 1 aliphatic heterocycles. The largest absolute Gasteiger partial charge is 0.473 e. The van der Waals surface area contributed by atoms with Gasteiger partial charge in [0.25, 0.3) is 5.91 Å². The maximum atomic E-state index is 14.5. The summed E-state index contributed by atoms with van der Waals surface area (Å²) in [7, 11) is 0. The molecule has 0 spiro atoms. The molecule has 6 rings (SSSR count). The molecule has 8 nitrogen and oxygen atoms in total. The van der Waals surface area contributed by atoms with E-state index in [2.05, 4.69) is 36.1 Å². The van der Waals surface area contributed by atoms with Gasteiger partial charge in [-0.25, -0.2) is 4.99 Å². The Kier molecular flexibility index (Phi) is 7.24. The van der Waals surface area contributed by atoms with Crippen LogP contribution in [0.2, 0.25) is 0 Å². The molecule has 2 amide bonds. The van der Waals surface area contributed by atoms with E-state index in [0.717, 1.165) is 22.4 Å². The lowest BCUT2D eigenvalue weighted by Gasteiger charge is -2.34. The first-order chi connectivity index (χ1) is 20.2. The smallest absolute Gasteiger partial charge is 0.255 e. The van der Waals surface area contributed by atoms with Gasteiger partial charge in [0, 0.05) is 42.1 Å². The molecular formula is C34H34N4O4. The van der Waals surface area contributed by atoms with Gasteiger partial charge in [0.1, 0.15) is 12.1 Å². The van der Waals surface area contributed by atoms with Crippen LogP contribution in [0, 0.1) is 0 Å². The zero-order valence-corrected chi connectivity index (χ0v) is 23.9. The highest BCUT2D eigenvalue weighted by Crippen LogP contribution is 2.36. The van der Waals surface area contributed by atoms with Crippen LogP contribution < -0.4 is 10.2 Å². The standard InChI is InChI=1S/C34H34N4O4/c1-34(2,3)24-11-13-25(14-12-24)38(33(41)22-10-15-27-29(18-22)42-20-36-27)31(23-8-6-16-35-19-23)32(40)37-30-26-9-5-4-7-21(26)17-28(30)39/h4-16,19-20,28-31,39H,17-18H2,1-3H3,(H,37,40)/t28-,29?,30+,31?/m1/s1. The number of aromatic nitrogens is 1. The van der Waals surface area contributed by atoms with E-state index in [-0.39, 0.29) is 17.4 Å². The minimum absolute atomic E-state index is 0.0909. The number of carbonyl (C=O) groups excluding carboxylic acids is 2. The molecule has 42 heavy (non-hydrogen) atoms. The predicted octanol–water partition coefficient (Wildman–Crippen LogP) is 4.87. The predicted molar refractivity (Wildman–Crippen MR) is 161 cm³/mol. The zero-order valence-electron chi connectivity index (χ0n) is 23.9. The number of nitrogens with zero attached hydrogens (tertiary/aromatic N) is 3. The molecule has 8 heteroatoms. The quantitative estimate of drug-likeness (QED) is 0.446. The molecule has 0 fully saturated rings. The van der Waals surface area contributed by atoms with E-state index < -0.39 is 24.1 Å². The number of aliphatic hydroxyl groups is 1. The fraction of sp³-hybridized carbons (Fsp3) is 0.294. The number of aliphatic hydroxyl groups excluding tert-OH is 1. The molecule has 0 radical (unpaired) electrons. The molecule has 0 saturated carbocycles. The van der Waals surface area contributed by atoms with Gasteiger partial charge in [0.15, 0.2) is 6.40 Å². The van der Waals surface area contributed by atoms with Gasteiger partial charge in [-0.2, -0.15) is 0 Å². The number of amides is 2. The van der Waals surface area contributed by atoms with E-state index in [0.29, 0.717) is 29.7 Å². The number of pyridine rings is 1. The molecule has 4 atom stereocenters. The van der Waals surface area contributed by atoms with E-state index in [9.17, 15) is 14.7 Å². The fourth-order valence-electron chi connectivity index (χ4n) is 5.83. The van der Waals surface area contributed by atoms with Crippen molar-refractivity contribution in [1.82, 2.24) is 10.3 Å². The maximum absolute atomic E-state index is 14.5. The number of rotatable bonds is 6. The lowest BCUT2D eigenvalue weighted by atomic mass is 9.87. The number of nitrogens with one attached hydrogen (secondary N) is 1. The molecular weight excluding hydrogens is 528 g/mol. The Morgan fingerprint density at radius 2 is 1.81 bits per heavy atom. The lowest BCUT2D eigenvalue weighted by molar-refractivity contribution is -0.126. The van der Waals surface area contributed by atoms with Crippen molar-refractivity contribution in [3.63, 3.8) is 0 Å². The van der Waals surface area contributed by atoms with Gasteiger partial charge in [0.2, 0.25) is 5.91 Å². The summed E-state index contributed by atoms with van der Waals surface area (Å²) in [5.41, 5.74) is 5.28. The van der Waals surface area contributed by atoms with Gasteiger partial charge in [-0.1, -0.05) is 69.3 Å². The summed E-state index contributed by atoms with van der Waals surface area (Å²) in [6.07, 6.45) is 7.84. The van der Waals surface area contributed by atoms with Gasteiger partial charge in [0.05, 0.1) is 17.8 Å². The molecule has 214 valence electrons. The highest BCUT2D eigenvalue weighted by Gasteiger charge is 2.40. The number of benzene rings is 2. The number of aliphatic imine (C=N–C) groups is 1. The van der Waals surface area contributed by atoms with E-state index in [4.69, 9.17) is 4.74 Å². The second-order valence-electron chi connectivity index (χ2n) is 12.0. The van der Waals surface area contributed by atoms with Crippen LogP contribution >= 0.6 is 0 Å². The number of hydrogen-bond acceptors (Lipinski definition) is 6. The molecule has 3 aromatic rings. The van der Waals surface area contributed by atoms with Gasteiger partial charge in [-0.3, -0.25) is 19.5 Å². The summed E-state index contributed by atoms with van der Waals surface area (Å²) in [6, 6.07) is 17.3. The summed E-state index contributed by atoms with van der Waals surface area (Å²) in [5.74, 6) is -0.731. The van der Waals surface area contributed by atoms with Crippen molar-refractivity contribution in [2.75, 3.05) is 4.90 Å². The Morgan fingerprint density at radius 3 is 2.55 bits per heavy atom. The summed E-state index contributed by atoms with van der Waals surface area (Å²) in [6.45, 7) is 6.38. The van der Waals surface area contributed by atoms with Crippen LogP contribution in [0.4, 0.5) is 5.69 Å². The van der Waals surface area contributed by atoms with Crippen molar-refractivity contribution >= 4 is 23.9 Å². The van der Waals surface area contributed by atoms with E-state index in [1.165, 1.54) is 11.3 Å². The van der Waals surface area contributed by atoms with Crippen LogP contribution in [0.15, 0.2) is 101 Å². The van der Waals surface area contributed by atoms with Gasteiger partial charge >= 0.3 is 0 Å². The number of allylic oxidation sites excluding steroid dienone is 2. The third-order valence-corrected chi connectivity index (χ3v) is 8.13. The minimum Gasteiger partial charge on any atom is -0.473 e. The van der Waals surface area contributed by atoms with Crippen molar-refractivity contribution in [1.29, 1.82) is 0 Å². The summed E-state index contributed by atoms with van der Waals surface area (Å²) >= 11 is 0. The van der Waals surface area contributed by atoms with Crippen molar-refractivity contribution in [3.8, 4) is 0 Å². The first-order valence-corrected chi connectivity index (χ1v) is 14.2. The van der Waals surface area contributed by atoms with Gasteiger partial charge < -0.3 is 15.2 Å². The van der Waals surface area contributed by atoms with E-state index in [1.54, 1.807) is 36.7 Å². The van der Waals surface area contributed by atoms with E-state index in [1.807, 2.05) is 48.5 Å². The van der Waals surface area contributed by atoms with E-state index >= 15 is 0 Å². The minimum atomic E-state index is -1.06. The van der Waals surface area contributed by atoms with Crippen molar-refractivity contribution < 1.29 is 19.4 Å². The average molecular weight is 563 g/mol. The normalized spacial score (nSPS) is 21.4. The number of hydrogen-bond donors (Lipinski definition) is 2. The number of carbonyl (C=O) groups is 2. The first kappa shape index (κ1) is 27.6. The molecule has 2 unspecified atom stereocenters. The second kappa shape index (κ2) is 11.0. The molecule has 2 N–H and O–H groups in total. The third kappa shape index (κ3) is 5.25. The van der Waals surface area contributed by atoms with Gasteiger partial charge in [-0.15, -0.1) is 0 Å². The maximum Gasteiger partial charge on any atom is 0.255 e. The SMILES string of the molecule is CC(C)(C)c1ccc(N(C(=O)C2=CC=C3N=COC3C2)C(C(=O)N[C@H]2c3ccccc3C[C@H]2O)c2cccnc2)cc1. The topological polar surface area (TPSA) is 104 Å². The third-order valence-electron chi connectivity index (χ3n) is 8.13. The monoisotopic (exact) mass is 562 g/mol. The van der Waals surface area contributed by atoms with Gasteiger partial charge in [-0.05, 0) is 46.4 Å². The summed E-state index contributed by atoms with van der Waals surface area (Å²) in [4.78, 5) is 38.9. The molecule has 0 bridgehead atoms. The van der Waals surface area contributed by atoms with Crippen LogP contribution in [-0.4, -0.2) is 40.5 Å². The summed E-state index contributed by atoms with van der Waals surface area (Å²) in [5, 5.41) is 14.0.